The lowest BCUT2D eigenvalue weighted by atomic mass is 9.74. The van der Waals surface area contributed by atoms with E-state index in [-0.39, 0.29) is 36.3 Å². The van der Waals surface area contributed by atoms with Gasteiger partial charge >= 0.3 is 5.97 Å². The van der Waals surface area contributed by atoms with Crippen molar-refractivity contribution in [3.63, 3.8) is 0 Å². The van der Waals surface area contributed by atoms with Crippen LogP contribution in [0, 0.1) is 17.3 Å². The van der Waals surface area contributed by atoms with Crippen molar-refractivity contribution in [3.8, 4) is 0 Å². The summed E-state index contributed by atoms with van der Waals surface area (Å²) in [7, 11) is 0. The molecule has 0 spiro atoms. The molecule has 2 fully saturated rings. The zero-order valence-electron chi connectivity index (χ0n) is 21.1. The number of rotatable bonds is 3. The quantitative estimate of drug-likeness (QED) is 0.448. The van der Waals surface area contributed by atoms with Crippen molar-refractivity contribution in [3.05, 3.63) is 28.2 Å². The molecule has 0 bridgehead atoms. The fourth-order valence-electron chi connectivity index (χ4n) is 4.80. The first kappa shape index (κ1) is 26.8. The Balaban J connectivity index is 1.77. The van der Waals surface area contributed by atoms with Crippen molar-refractivity contribution in [2.24, 2.45) is 17.3 Å². The van der Waals surface area contributed by atoms with Crippen molar-refractivity contribution in [1.29, 1.82) is 0 Å². The molecule has 2 aliphatic rings. The van der Waals surface area contributed by atoms with Gasteiger partial charge in [-0.2, -0.15) is 0 Å². The maximum atomic E-state index is 13.1. The van der Waals surface area contributed by atoms with E-state index in [9.17, 15) is 14.7 Å². The van der Waals surface area contributed by atoms with Gasteiger partial charge in [-0.1, -0.05) is 40.7 Å². The molecule has 34 heavy (non-hydrogen) atoms. The molecule has 3 rings (SSSR count). The van der Waals surface area contributed by atoms with Crippen molar-refractivity contribution in [2.75, 3.05) is 0 Å². The van der Waals surface area contributed by atoms with Crippen LogP contribution in [0.25, 0.3) is 12.2 Å². The Morgan fingerprint density at radius 2 is 2.00 bits per heavy atom. The number of fused-ring (bicyclic) bond motifs is 1. The fraction of sp³-hybridized carbons (Fsp3) is 0.667. The minimum Gasteiger partial charge on any atom is -0.458 e. The van der Waals surface area contributed by atoms with Crippen LogP contribution in [0.2, 0.25) is 0 Å². The average molecular weight is 490 g/mol. The number of epoxide rings is 1. The van der Waals surface area contributed by atoms with Crippen LogP contribution in [-0.4, -0.2) is 46.3 Å². The van der Waals surface area contributed by atoms with Gasteiger partial charge in [0.05, 0.1) is 24.0 Å². The van der Waals surface area contributed by atoms with Gasteiger partial charge in [-0.05, 0) is 49.8 Å². The predicted octanol–water partition coefficient (Wildman–Crippen LogP) is 5.45. The van der Waals surface area contributed by atoms with E-state index >= 15 is 0 Å². The van der Waals surface area contributed by atoms with Crippen LogP contribution in [0.15, 0.2) is 17.5 Å². The number of hydrogen-bond acceptors (Lipinski definition) is 7. The van der Waals surface area contributed by atoms with E-state index in [4.69, 9.17) is 9.47 Å². The molecule has 6 nitrogen and oxygen atoms in total. The second-order valence-electron chi connectivity index (χ2n) is 10.6. The molecule has 0 aliphatic carbocycles. The summed E-state index contributed by atoms with van der Waals surface area (Å²) in [5.74, 6) is -0.780. The molecule has 4 unspecified atom stereocenters. The smallest absolute Gasteiger partial charge is 0.306 e. The molecule has 2 saturated heterocycles. The van der Waals surface area contributed by atoms with Crippen LogP contribution < -0.4 is 0 Å². The number of ether oxygens (including phenoxy) is 2. The van der Waals surface area contributed by atoms with Crippen molar-refractivity contribution in [2.45, 2.75) is 97.6 Å². The third-order valence-electron chi connectivity index (χ3n) is 7.28. The molecule has 1 aromatic heterocycles. The van der Waals surface area contributed by atoms with E-state index in [2.05, 4.69) is 11.6 Å². The van der Waals surface area contributed by atoms with Crippen molar-refractivity contribution >= 4 is 35.2 Å². The predicted molar refractivity (Wildman–Crippen MR) is 135 cm³/mol. The second kappa shape index (κ2) is 11.3. The summed E-state index contributed by atoms with van der Waals surface area (Å²) in [5.41, 5.74) is 1.02. The van der Waals surface area contributed by atoms with Crippen LogP contribution in [0.1, 0.15) is 83.8 Å². The topological polar surface area (TPSA) is 89.0 Å². The normalized spacial score (nSPS) is 33.6. The highest BCUT2D eigenvalue weighted by atomic mass is 32.1. The lowest BCUT2D eigenvalue weighted by Gasteiger charge is -2.31. The number of cyclic esters (lactones) is 1. The van der Waals surface area contributed by atoms with Gasteiger partial charge in [0.2, 0.25) is 0 Å². The van der Waals surface area contributed by atoms with E-state index in [0.717, 1.165) is 35.5 Å². The number of nitrogens with zero attached hydrogens (tertiary/aromatic N) is 1. The molecular weight excluding hydrogens is 450 g/mol. The first-order chi connectivity index (χ1) is 16.0. The summed E-state index contributed by atoms with van der Waals surface area (Å²) in [6.07, 6.45) is 6.59. The summed E-state index contributed by atoms with van der Waals surface area (Å²) in [6, 6.07) is 0. The third kappa shape index (κ3) is 6.86. The summed E-state index contributed by atoms with van der Waals surface area (Å²) < 4.78 is 11.8. The summed E-state index contributed by atoms with van der Waals surface area (Å²) in [5, 5.41) is 13.6. The Labute approximate surface area is 207 Å². The van der Waals surface area contributed by atoms with Gasteiger partial charge in [0, 0.05) is 29.6 Å². The Morgan fingerprint density at radius 1 is 1.26 bits per heavy atom. The number of Topliss-reactive ketones (excluding diaryl/α,β-unsaturated/α-hetero) is 1. The zero-order valence-corrected chi connectivity index (χ0v) is 21.9. The fourth-order valence-corrected chi connectivity index (χ4v) is 5.41. The number of ketones is 1. The van der Waals surface area contributed by atoms with Crippen LogP contribution in [0.4, 0.5) is 0 Å². The Hall–Kier alpha value is -1.83. The standard InChI is InChI=1S/C27H39NO5S/c1-7-23-28-19(15-34-23)13-17(3)21-14-22-20(32-22)10-8-9-16(2)25(30)18(4)26(31)27(5,6)12-11-24(29)33-21/h7,13,15-16,18,20-22,25,30H,1,8-12,14H2,2-6H3/b17-13+/t16-,18+,20?,21?,22?,25?/m0/s1. The van der Waals surface area contributed by atoms with Crippen molar-refractivity contribution < 1.29 is 24.2 Å². The van der Waals surface area contributed by atoms with Gasteiger partial charge in [-0.3, -0.25) is 9.59 Å². The number of esters is 1. The zero-order chi connectivity index (χ0) is 25.0. The Bertz CT molecular complexity index is 920. The SMILES string of the molecule is C=Cc1nc(/C=C(\C)C2CC3OC3CCC[C@H](C)C(O)[C@@H](C)C(=O)C(C)(C)CCC(=O)O2)cs1. The highest BCUT2D eigenvalue weighted by Crippen LogP contribution is 2.36. The van der Waals surface area contributed by atoms with Crippen LogP contribution in [0.3, 0.4) is 0 Å². The Kier molecular flexibility index (Phi) is 8.87. The lowest BCUT2D eigenvalue weighted by molar-refractivity contribution is -0.149. The van der Waals surface area contributed by atoms with Crippen LogP contribution in [-0.2, 0) is 19.1 Å². The number of thiazole rings is 1. The molecular formula is C27H39NO5S. The molecule has 1 aromatic rings. The molecule has 6 atom stereocenters. The maximum Gasteiger partial charge on any atom is 0.306 e. The summed E-state index contributed by atoms with van der Waals surface area (Å²) >= 11 is 1.52. The number of aliphatic hydroxyl groups is 1. The van der Waals surface area contributed by atoms with E-state index < -0.39 is 23.5 Å². The van der Waals surface area contributed by atoms with E-state index in [0.29, 0.717) is 12.8 Å². The highest BCUT2D eigenvalue weighted by Gasteiger charge is 2.42. The number of hydrogen-bond donors (Lipinski definition) is 1. The third-order valence-corrected chi connectivity index (χ3v) is 8.14. The molecule has 0 aromatic carbocycles. The minimum atomic E-state index is -0.719. The molecule has 1 N–H and O–H groups in total. The molecule has 0 amide bonds. The first-order valence-corrected chi connectivity index (χ1v) is 13.2. The van der Waals surface area contributed by atoms with Crippen molar-refractivity contribution in [1.82, 2.24) is 4.98 Å². The molecule has 0 saturated carbocycles. The van der Waals surface area contributed by atoms with Gasteiger partial charge in [-0.25, -0.2) is 4.98 Å². The molecule has 7 heteroatoms. The summed E-state index contributed by atoms with van der Waals surface area (Å²) in [6.45, 7) is 13.2. The number of aliphatic hydroxyl groups excluding tert-OH is 1. The molecule has 188 valence electrons. The van der Waals surface area contributed by atoms with Gasteiger partial charge in [0.1, 0.15) is 16.9 Å². The molecule has 0 radical (unpaired) electrons. The largest absolute Gasteiger partial charge is 0.458 e. The Morgan fingerprint density at radius 3 is 2.68 bits per heavy atom. The maximum absolute atomic E-state index is 13.1. The van der Waals surface area contributed by atoms with E-state index in [1.54, 1.807) is 13.0 Å². The average Bonchev–Trinajstić information content (AvgIpc) is 3.37. The van der Waals surface area contributed by atoms with Gasteiger partial charge in [-0.15, -0.1) is 11.3 Å². The van der Waals surface area contributed by atoms with Crippen LogP contribution >= 0.6 is 11.3 Å². The monoisotopic (exact) mass is 489 g/mol. The first-order valence-electron chi connectivity index (χ1n) is 12.3. The lowest BCUT2D eigenvalue weighted by Crippen LogP contribution is -2.39. The van der Waals surface area contributed by atoms with Gasteiger partial charge in [0.25, 0.3) is 0 Å². The summed E-state index contributed by atoms with van der Waals surface area (Å²) in [4.78, 5) is 30.5. The number of carbonyl (C=O) groups excluding carboxylic acids is 2. The second-order valence-corrected chi connectivity index (χ2v) is 11.5. The van der Waals surface area contributed by atoms with Gasteiger partial charge < -0.3 is 14.6 Å². The van der Waals surface area contributed by atoms with E-state index in [1.807, 2.05) is 39.2 Å². The molecule has 2 aliphatic heterocycles. The van der Waals surface area contributed by atoms with Gasteiger partial charge in [0.15, 0.2) is 0 Å². The minimum absolute atomic E-state index is 0.00786. The van der Waals surface area contributed by atoms with E-state index in [1.165, 1.54) is 11.3 Å². The molecule has 3 heterocycles. The van der Waals surface area contributed by atoms with Crippen LogP contribution in [0.5, 0.6) is 0 Å². The highest BCUT2D eigenvalue weighted by molar-refractivity contribution is 7.10. The number of carbonyl (C=O) groups is 2. The number of aromatic nitrogens is 1.